The molecule has 8 nitrogen and oxygen atoms in total. The van der Waals surface area contributed by atoms with Crippen molar-refractivity contribution >= 4 is 0 Å². The molecule has 1 N–H and O–H groups in total. The minimum Gasteiger partial charge on any atom is -0.494 e. The van der Waals surface area contributed by atoms with Gasteiger partial charge in [-0.05, 0) is 36.8 Å². The molecule has 1 heterocycles. The van der Waals surface area contributed by atoms with Gasteiger partial charge in [0.15, 0.2) is 11.5 Å². The molecule has 0 bridgehead atoms. The zero-order valence-corrected chi connectivity index (χ0v) is 17.2. The number of aromatic amines is 1. The number of hydrogen-bond donors (Lipinski definition) is 1. The van der Waals surface area contributed by atoms with Crippen LogP contribution in [0.2, 0.25) is 0 Å². The van der Waals surface area contributed by atoms with Crippen LogP contribution in [0, 0.1) is 0 Å². The molecule has 2 aromatic carbocycles. The molecule has 0 saturated carbocycles. The molecule has 3 aromatic rings. The van der Waals surface area contributed by atoms with Crippen molar-refractivity contribution in [3.8, 4) is 51.3 Å². The number of H-pyrrole nitrogens is 1. The second-order valence-electron chi connectivity index (χ2n) is 6.13. The topological polar surface area (TPSA) is 87.7 Å². The zero-order chi connectivity index (χ0) is 20.8. The number of benzene rings is 2. The van der Waals surface area contributed by atoms with Crippen LogP contribution in [-0.2, 0) is 0 Å². The zero-order valence-electron chi connectivity index (χ0n) is 17.2. The summed E-state index contributed by atoms with van der Waals surface area (Å²) in [5.41, 5.74) is 2.91. The fourth-order valence-corrected chi connectivity index (χ4v) is 3.06. The molecule has 0 saturated heterocycles. The molecule has 0 aliphatic rings. The highest BCUT2D eigenvalue weighted by atomic mass is 16.5. The Bertz CT molecular complexity index is 954. The first-order chi connectivity index (χ1) is 14.2. The molecule has 0 aliphatic carbocycles. The summed E-state index contributed by atoms with van der Waals surface area (Å²) in [5.74, 6) is 2.67. The average molecular weight is 399 g/mol. The fraction of sp³-hybridized carbons (Fsp3) is 0.333. The smallest absolute Gasteiger partial charge is 0.207 e. The molecule has 0 aliphatic heterocycles. The molecule has 29 heavy (non-hydrogen) atoms. The highest BCUT2D eigenvalue weighted by Crippen LogP contribution is 2.50. The Morgan fingerprint density at radius 2 is 1.55 bits per heavy atom. The minimum absolute atomic E-state index is 0.424. The molecular formula is C21H25N3O5. The first-order valence-electron chi connectivity index (χ1n) is 9.20. The lowest BCUT2D eigenvalue weighted by Crippen LogP contribution is -2.00. The second-order valence-corrected chi connectivity index (χ2v) is 6.13. The molecule has 1 aromatic heterocycles. The molecule has 0 amide bonds. The number of hydrogen-bond acceptors (Lipinski definition) is 7. The number of nitrogens with zero attached hydrogens (tertiary/aromatic N) is 2. The maximum atomic E-state index is 5.65. The summed E-state index contributed by atoms with van der Waals surface area (Å²) in [4.78, 5) is 0. The van der Waals surface area contributed by atoms with Gasteiger partial charge in [-0.1, -0.05) is 12.1 Å². The predicted octanol–water partition coefficient (Wildman–Crippen LogP) is 3.96. The van der Waals surface area contributed by atoms with Gasteiger partial charge >= 0.3 is 0 Å². The molecule has 8 heteroatoms. The first kappa shape index (κ1) is 20.3. The van der Waals surface area contributed by atoms with E-state index in [2.05, 4.69) is 22.3 Å². The predicted molar refractivity (Wildman–Crippen MR) is 109 cm³/mol. The van der Waals surface area contributed by atoms with E-state index in [1.165, 1.54) is 0 Å². The van der Waals surface area contributed by atoms with E-state index in [1.54, 1.807) is 34.5 Å². The lowest BCUT2D eigenvalue weighted by molar-refractivity contribution is 0.306. The third-order valence-corrected chi connectivity index (χ3v) is 4.41. The van der Waals surface area contributed by atoms with Crippen LogP contribution >= 0.6 is 0 Å². The summed E-state index contributed by atoms with van der Waals surface area (Å²) >= 11 is 0. The van der Waals surface area contributed by atoms with Crippen LogP contribution in [-0.4, -0.2) is 50.5 Å². The standard InChI is InChI=1S/C21H25N3O5/c1-6-11-29-14-9-7-13(8-10-14)17-18(23-24-22-17)15-12-16(25-2)20(27-4)21(28-5)19(15)26-3/h7-10,12H,6,11H2,1-5H3,(H,22,23,24). The number of nitrogens with one attached hydrogen (secondary N) is 1. The fourth-order valence-electron chi connectivity index (χ4n) is 3.06. The Morgan fingerprint density at radius 1 is 0.862 bits per heavy atom. The summed E-state index contributed by atoms with van der Waals surface area (Å²) in [7, 11) is 6.22. The van der Waals surface area contributed by atoms with E-state index in [-0.39, 0.29) is 0 Å². The van der Waals surface area contributed by atoms with Gasteiger partial charge in [0.2, 0.25) is 11.5 Å². The second kappa shape index (κ2) is 9.18. The molecular weight excluding hydrogens is 374 g/mol. The van der Waals surface area contributed by atoms with E-state index in [0.717, 1.165) is 17.7 Å². The summed E-state index contributed by atoms with van der Waals surface area (Å²) in [6.45, 7) is 2.75. The monoisotopic (exact) mass is 399 g/mol. The Hall–Kier alpha value is -3.42. The van der Waals surface area contributed by atoms with Gasteiger partial charge in [0.1, 0.15) is 11.4 Å². The van der Waals surface area contributed by atoms with Crippen LogP contribution in [0.5, 0.6) is 28.7 Å². The summed E-state index contributed by atoms with van der Waals surface area (Å²) in [5, 5.41) is 11.2. The Labute approximate surface area is 169 Å². The van der Waals surface area contributed by atoms with E-state index >= 15 is 0 Å². The van der Waals surface area contributed by atoms with Crippen molar-refractivity contribution < 1.29 is 23.7 Å². The largest absolute Gasteiger partial charge is 0.494 e. The summed E-state index contributed by atoms with van der Waals surface area (Å²) in [6, 6.07) is 9.51. The maximum Gasteiger partial charge on any atom is 0.207 e. The normalized spacial score (nSPS) is 10.5. The number of methoxy groups -OCH3 is 4. The van der Waals surface area contributed by atoms with E-state index in [1.807, 2.05) is 24.3 Å². The van der Waals surface area contributed by atoms with Gasteiger partial charge in [-0.2, -0.15) is 0 Å². The van der Waals surface area contributed by atoms with Crippen LogP contribution in [0.3, 0.4) is 0 Å². The molecule has 0 radical (unpaired) electrons. The van der Waals surface area contributed by atoms with Gasteiger partial charge in [-0.15, -0.1) is 5.10 Å². The summed E-state index contributed by atoms with van der Waals surface area (Å²) < 4.78 is 27.8. The average Bonchev–Trinajstić information content (AvgIpc) is 3.25. The number of aromatic nitrogens is 3. The van der Waals surface area contributed by atoms with Crippen molar-refractivity contribution in [2.24, 2.45) is 0 Å². The first-order valence-corrected chi connectivity index (χ1v) is 9.20. The van der Waals surface area contributed by atoms with Crippen LogP contribution in [0.4, 0.5) is 0 Å². The quantitative estimate of drug-likeness (QED) is 0.583. The Morgan fingerprint density at radius 3 is 2.14 bits per heavy atom. The molecule has 0 atom stereocenters. The highest BCUT2D eigenvalue weighted by molar-refractivity contribution is 5.85. The molecule has 3 rings (SSSR count). The van der Waals surface area contributed by atoms with Gasteiger partial charge in [-0.25, -0.2) is 0 Å². The lowest BCUT2D eigenvalue weighted by Gasteiger charge is -2.18. The molecule has 0 spiro atoms. The maximum absolute atomic E-state index is 5.65. The summed E-state index contributed by atoms with van der Waals surface area (Å²) in [6.07, 6.45) is 0.954. The van der Waals surface area contributed by atoms with Crippen molar-refractivity contribution in [2.75, 3.05) is 35.0 Å². The van der Waals surface area contributed by atoms with Gasteiger partial charge in [0.25, 0.3) is 0 Å². The molecule has 0 fully saturated rings. The van der Waals surface area contributed by atoms with E-state index < -0.39 is 0 Å². The third-order valence-electron chi connectivity index (χ3n) is 4.41. The number of ether oxygens (including phenoxy) is 5. The SMILES string of the molecule is CCCOc1ccc(-c2nn[nH]c2-c2cc(OC)c(OC)c(OC)c2OC)cc1. The lowest BCUT2D eigenvalue weighted by atomic mass is 10.0. The van der Waals surface area contributed by atoms with Crippen LogP contribution in [0.1, 0.15) is 13.3 Å². The van der Waals surface area contributed by atoms with Crippen molar-refractivity contribution in [1.82, 2.24) is 15.4 Å². The van der Waals surface area contributed by atoms with Crippen molar-refractivity contribution in [1.29, 1.82) is 0 Å². The van der Waals surface area contributed by atoms with Crippen molar-refractivity contribution in [3.05, 3.63) is 30.3 Å². The Kier molecular flexibility index (Phi) is 6.43. The highest BCUT2D eigenvalue weighted by Gasteiger charge is 2.25. The van der Waals surface area contributed by atoms with E-state index in [0.29, 0.717) is 46.6 Å². The van der Waals surface area contributed by atoms with Gasteiger partial charge < -0.3 is 23.7 Å². The molecule has 154 valence electrons. The van der Waals surface area contributed by atoms with Crippen LogP contribution < -0.4 is 23.7 Å². The van der Waals surface area contributed by atoms with E-state index in [9.17, 15) is 0 Å². The van der Waals surface area contributed by atoms with Gasteiger partial charge in [0.05, 0.1) is 46.3 Å². The number of rotatable bonds is 9. The minimum atomic E-state index is 0.424. The van der Waals surface area contributed by atoms with Crippen molar-refractivity contribution in [2.45, 2.75) is 13.3 Å². The van der Waals surface area contributed by atoms with Crippen LogP contribution in [0.25, 0.3) is 22.5 Å². The molecule has 0 unspecified atom stereocenters. The van der Waals surface area contributed by atoms with Gasteiger partial charge in [-0.3, -0.25) is 5.10 Å². The third kappa shape index (κ3) is 3.91. The Balaban J connectivity index is 2.10. The van der Waals surface area contributed by atoms with Crippen molar-refractivity contribution in [3.63, 3.8) is 0 Å². The van der Waals surface area contributed by atoms with Crippen LogP contribution in [0.15, 0.2) is 30.3 Å². The van der Waals surface area contributed by atoms with E-state index in [4.69, 9.17) is 23.7 Å². The van der Waals surface area contributed by atoms with Gasteiger partial charge in [0, 0.05) is 5.56 Å².